The SMILES string of the molecule is N#Cc1cnc(N2CCN(Cc3ccon3)CC2)cn1. The summed E-state index contributed by atoms with van der Waals surface area (Å²) in [4.78, 5) is 12.8. The number of nitriles is 1. The highest BCUT2D eigenvalue weighted by Crippen LogP contribution is 2.13. The number of hydrogen-bond acceptors (Lipinski definition) is 7. The Bertz CT molecular complexity index is 580. The van der Waals surface area contributed by atoms with Crippen LogP contribution in [0.15, 0.2) is 29.2 Å². The maximum Gasteiger partial charge on any atom is 0.158 e. The van der Waals surface area contributed by atoms with Crippen molar-refractivity contribution in [3.05, 3.63) is 36.1 Å². The van der Waals surface area contributed by atoms with E-state index in [0.717, 1.165) is 44.2 Å². The lowest BCUT2D eigenvalue weighted by Gasteiger charge is -2.34. The van der Waals surface area contributed by atoms with Crippen LogP contribution in [0.4, 0.5) is 5.82 Å². The van der Waals surface area contributed by atoms with E-state index in [2.05, 4.69) is 24.9 Å². The first-order valence-electron chi connectivity index (χ1n) is 6.44. The molecule has 0 bridgehead atoms. The summed E-state index contributed by atoms with van der Waals surface area (Å²) < 4.78 is 4.84. The van der Waals surface area contributed by atoms with E-state index in [4.69, 9.17) is 9.78 Å². The summed E-state index contributed by atoms with van der Waals surface area (Å²) in [5.41, 5.74) is 1.30. The normalized spacial score (nSPS) is 16.1. The van der Waals surface area contributed by atoms with Crippen LogP contribution in [0.2, 0.25) is 0 Å². The second kappa shape index (κ2) is 5.67. The van der Waals surface area contributed by atoms with Gasteiger partial charge in [-0.15, -0.1) is 0 Å². The number of nitrogens with zero attached hydrogens (tertiary/aromatic N) is 6. The Labute approximate surface area is 116 Å². The number of hydrogen-bond donors (Lipinski definition) is 0. The van der Waals surface area contributed by atoms with Gasteiger partial charge in [-0.2, -0.15) is 5.26 Å². The van der Waals surface area contributed by atoms with Crippen molar-refractivity contribution < 1.29 is 4.52 Å². The van der Waals surface area contributed by atoms with Gasteiger partial charge in [0.2, 0.25) is 0 Å². The Morgan fingerprint density at radius 2 is 2.05 bits per heavy atom. The molecule has 0 radical (unpaired) electrons. The van der Waals surface area contributed by atoms with Gasteiger partial charge in [0.1, 0.15) is 18.2 Å². The van der Waals surface area contributed by atoms with E-state index >= 15 is 0 Å². The molecule has 0 saturated carbocycles. The molecule has 0 aromatic carbocycles. The summed E-state index contributed by atoms with van der Waals surface area (Å²) in [6.45, 7) is 4.46. The first-order valence-corrected chi connectivity index (χ1v) is 6.44. The molecule has 0 aliphatic carbocycles. The van der Waals surface area contributed by atoms with Crippen molar-refractivity contribution in [1.29, 1.82) is 5.26 Å². The smallest absolute Gasteiger partial charge is 0.158 e. The van der Waals surface area contributed by atoms with Gasteiger partial charge in [-0.1, -0.05) is 5.16 Å². The van der Waals surface area contributed by atoms with Crippen LogP contribution in [-0.4, -0.2) is 46.2 Å². The number of rotatable bonds is 3. The third-order valence-corrected chi connectivity index (χ3v) is 3.33. The molecular weight excluding hydrogens is 256 g/mol. The summed E-state index contributed by atoms with van der Waals surface area (Å²) >= 11 is 0. The number of anilines is 1. The summed E-state index contributed by atoms with van der Waals surface area (Å²) in [7, 11) is 0. The van der Waals surface area contributed by atoms with E-state index in [0.29, 0.717) is 5.69 Å². The van der Waals surface area contributed by atoms with Crippen LogP contribution in [0.1, 0.15) is 11.4 Å². The van der Waals surface area contributed by atoms with Crippen LogP contribution >= 0.6 is 0 Å². The van der Waals surface area contributed by atoms with Gasteiger partial charge in [-0.05, 0) is 0 Å². The second-order valence-corrected chi connectivity index (χ2v) is 4.63. The van der Waals surface area contributed by atoms with E-state index < -0.39 is 0 Å². The average Bonchev–Trinajstić information content (AvgIpc) is 3.01. The minimum Gasteiger partial charge on any atom is -0.364 e. The average molecular weight is 270 g/mol. The molecule has 102 valence electrons. The van der Waals surface area contributed by atoms with Gasteiger partial charge in [-0.3, -0.25) is 4.90 Å². The fraction of sp³-hybridized carbons (Fsp3) is 0.385. The molecule has 0 atom stereocenters. The highest BCUT2D eigenvalue weighted by Gasteiger charge is 2.19. The Morgan fingerprint density at radius 3 is 2.65 bits per heavy atom. The zero-order chi connectivity index (χ0) is 13.8. The van der Waals surface area contributed by atoms with Crippen LogP contribution in [0, 0.1) is 11.3 Å². The van der Waals surface area contributed by atoms with E-state index in [1.165, 1.54) is 6.20 Å². The molecule has 2 aromatic heterocycles. The van der Waals surface area contributed by atoms with Crippen molar-refractivity contribution in [3.8, 4) is 6.07 Å². The molecule has 0 spiro atoms. The zero-order valence-corrected chi connectivity index (χ0v) is 10.9. The predicted molar refractivity (Wildman–Crippen MR) is 70.7 cm³/mol. The highest BCUT2D eigenvalue weighted by molar-refractivity contribution is 5.37. The summed E-state index contributed by atoms with van der Waals surface area (Å²) in [5, 5.41) is 12.6. The Morgan fingerprint density at radius 1 is 1.20 bits per heavy atom. The predicted octanol–water partition coefficient (Wildman–Crippen LogP) is 0.658. The lowest BCUT2D eigenvalue weighted by Crippen LogP contribution is -2.46. The standard InChI is InChI=1S/C13H14N6O/c14-7-12-8-16-13(9-15-12)19-4-2-18(3-5-19)10-11-1-6-20-17-11/h1,6,8-9H,2-5,10H2. The van der Waals surface area contributed by atoms with Crippen molar-refractivity contribution in [1.82, 2.24) is 20.0 Å². The lowest BCUT2D eigenvalue weighted by molar-refractivity contribution is 0.241. The zero-order valence-electron chi connectivity index (χ0n) is 10.9. The van der Waals surface area contributed by atoms with Crippen molar-refractivity contribution in [2.24, 2.45) is 0 Å². The fourth-order valence-electron chi connectivity index (χ4n) is 2.23. The molecule has 3 heterocycles. The molecule has 1 aliphatic heterocycles. The first-order chi connectivity index (χ1) is 9.85. The molecule has 0 unspecified atom stereocenters. The maximum absolute atomic E-state index is 8.71. The largest absolute Gasteiger partial charge is 0.364 e. The summed E-state index contributed by atoms with van der Waals surface area (Å²) in [6.07, 6.45) is 4.76. The summed E-state index contributed by atoms with van der Waals surface area (Å²) in [5.74, 6) is 0.824. The minimum atomic E-state index is 0.346. The highest BCUT2D eigenvalue weighted by atomic mass is 16.5. The van der Waals surface area contributed by atoms with Gasteiger partial charge in [-0.25, -0.2) is 9.97 Å². The van der Waals surface area contributed by atoms with Crippen LogP contribution in [-0.2, 0) is 6.54 Å². The molecule has 20 heavy (non-hydrogen) atoms. The van der Waals surface area contributed by atoms with E-state index in [1.807, 2.05) is 12.1 Å². The Balaban J connectivity index is 1.56. The van der Waals surface area contributed by atoms with Crippen LogP contribution in [0.25, 0.3) is 0 Å². The molecule has 3 rings (SSSR count). The fourth-order valence-corrected chi connectivity index (χ4v) is 2.23. The third-order valence-electron chi connectivity index (χ3n) is 3.33. The molecule has 7 heteroatoms. The van der Waals surface area contributed by atoms with Crippen molar-refractivity contribution in [2.75, 3.05) is 31.1 Å². The second-order valence-electron chi connectivity index (χ2n) is 4.63. The van der Waals surface area contributed by atoms with Crippen molar-refractivity contribution in [3.63, 3.8) is 0 Å². The van der Waals surface area contributed by atoms with Gasteiger partial charge in [0.05, 0.1) is 18.1 Å². The van der Waals surface area contributed by atoms with Gasteiger partial charge >= 0.3 is 0 Å². The topological polar surface area (TPSA) is 82.1 Å². The molecular formula is C13H14N6O. The molecule has 1 saturated heterocycles. The quantitative estimate of drug-likeness (QED) is 0.810. The number of aromatic nitrogens is 3. The van der Waals surface area contributed by atoms with E-state index in [1.54, 1.807) is 12.5 Å². The monoisotopic (exact) mass is 270 g/mol. The Kier molecular flexibility index (Phi) is 3.56. The number of piperazine rings is 1. The molecule has 1 aliphatic rings. The first kappa shape index (κ1) is 12.6. The maximum atomic E-state index is 8.71. The molecule has 1 fully saturated rings. The summed E-state index contributed by atoms with van der Waals surface area (Å²) in [6, 6.07) is 3.86. The van der Waals surface area contributed by atoms with Crippen LogP contribution < -0.4 is 4.90 Å². The molecule has 0 amide bonds. The molecule has 2 aromatic rings. The van der Waals surface area contributed by atoms with Crippen molar-refractivity contribution in [2.45, 2.75) is 6.54 Å². The van der Waals surface area contributed by atoms with Gasteiger partial charge in [0.15, 0.2) is 5.69 Å². The van der Waals surface area contributed by atoms with Crippen LogP contribution in [0.5, 0.6) is 0 Å². The van der Waals surface area contributed by atoms with Gasteiger partial charge in [0.25, 0.3) is 0 Å². The molecule has 7 nitrogen and oxygen atoms in total. The van der Waals surface area contributed by atoms with Gasteiger partial charge in [0, 0.05) is 38.8 Å². The minimum absolute atomic E-state index is 0.346. The van der Waals surface area contributed by atoms with Crippen molar-refractivity contribution >= 4 is 5.82 Å². The van der Waals surface area contributed by atoms with E-state index in [9.17, 15) is 0 Å². The molecule has 0 N–H and O–H groups in total. The lowest BCUT2D eigenvalue weighted by atomic mass is 10.3. The van der Waals surface area contributed by atoms with E-state index in [-0.39, 0.29) is 0 Å². The van der Waals surface area contributed by atoms with Gasteiger partial charge < -0.3 is 9.42 Å². The van der Waals surface area contributed by atoms with Crippen LogP contribution in [0.3, 0.4) is 0 Å². The Hall–Kier alpha value is -2.46. The third kappa shape index (κ3) is 2.75.